The molecule has 2 aromatic rings. The number of hydrogen-bond acceptors (Lipinski definition) is 6. The number of carbonyl (C=O) groups excluding carboxylic acids is 1. The first-order valence-electron chi connectivity index (χ1n) is 8.34. The second-order valence-corrected chi connectivity index (χ2v) is 7.31. The number of carbonyl (C=O) groups is 1. The Kier molecular flexibility index (Phi) is 5.53. The molecule has 1 aliphatic heterocycles. The Morgan fingerprint density at radius 3 is 2.68 bits per heavy atom. The first-order valence-corrected chi connectivity index (χ1v) is 9.22. The van der Waals surface area contributed by atoms with E-state index in [1.54, 1.807) is 18.3 Å². The van der Waals surface area contributed by atoms with Crippen LogP contribution in [-0.4, -0.2) is 48.4 Å². The van der Waals surface area contributed by atoms with Crippen LogP contribution in [0.3, 0.4) is 0 Å². The Morgan fingerprint density at radius 1 is 1.32 bits per heavy atom. The molecule has 25 heavy (non-hydrogen) atoms. The predicted octanol–water partition coefficient (Wildman–Crippen LogP) is 2.59. The topological polar surface area (TPSA) is 72.5 Å². The molecule has 3 heterocycles. The molecule has 3 rings (SSSR count). The summed E-state index contributed by atoms with van der Waals surface area (Å²) in [6.07, 6.45) is 0. The van der Waals surface area contributed by atoms with Gasteiger partial charge < -0.3 is 4.42 Å². The van der Waals surface area contributed by atoms with Gasteiger partial charge in [-0.05, 0) is 25.3 Å². The molecule has 0 saturated carbocycles. The fourth-order valence-corrected chi connectivity index (χ4v) is 3.69. The Hall–Kier alpha value is -2.14. The highest BCUT2D eigenvalue weighted by molar-refractivity contribution is 7.09. The molecular weight excluding hydrogens is 336 g/mol. The van der Waals surface area contributed by atoms with Crippen molar-refractivity contribution in [2.24, 2.45) is 0 Å². The van der Waals surface area contributed by atoms with E-state index in [1.807, 2.05) is 6.92 Å². The lowest BCUT2D eigenvalue weighted by molar-refractivity contribution is -0.117. The number of hydrogen-bond donors (Lipinski definition) is 1. The molecule has 2 aromatic heterocycles. The fourth-order valence-electron chi connectivity index (χ4n) is 2.95. The highest BCUT2D eigenvalue weighted by atomic mass is 32.1. The molecule has 7 heteroatoms. The zero-order valence-corrected chi connectivity index (χ0v) is 15.4. The van der Waals surface area contributed by atoms with Gasteiger partial charge in [0.25, 0.3) is 0 Å². The Labute approximate surface area is 151 Å². The summed E-state index contributed by atoms with van der Waals surface area (Å²) in [6.45, 7) is 8.53. The van der Waals surface area contributed by atoms with Gasteiger partial charge in [-0.25, -0.2) is 0 Å². The molecule has 0 radical (unpaired) electrons. The zero-order chi connectivity index (χ0) is 17.8. The standard InChI is InChI=1S/C18H22N4O2S/c1-13-14(2)24-18(16(13)10-19)20-17(23)12-22-7-5-21(6-8-22)11-15-4-3-9-25-15/h3-4,9H,5-8,11-12H2,1-2H3,(H,20,23). The fraction of sp³-hybridized carbons (Fsp3) is 0.444. The lowest BCUT2D eigenvalue weighted by Crippen LogP contribution is -2.48. The van der Waals surface area contributed by atoms with E-state index in [1.165, 1.54) is 4.88 Å². The van der Waals surface area contributed by atoms with Crippen molar-refractivity contribution in [1.29, 1.82) is 5.26 Å². The van der Waals surface area contributed by atoms with Crippen molar-refractivity contribution in [3.8, 4) is 6.07 Å². The van der Waals surface area contributed by atoms with Crippen molar-refractivity contribution in [1.82, 2.24) is 9.80 Å². The second kappa shape index (κ2) is 7.83. The van der Waals surface area contributed by atoms with E-state index in [9.17, 15) is 10.1 Å². The zero-order valence-electron chi connectivity index (χ0n) is 14.5. The van der Waals surface area contributed by atoms with Crippen LogP contribution in [0, 0.1) is 25.2 Å². The molecule has 1 fully saturated rings. The maximum atomic E-state index is 12.3. The molecule has 6 nitrogen and oxygen atoms in total. The number of rotatable bonds is 5. The average Bonchev–Trinajstić information content (AvgIpc) is 3.18. The van der Waals surface area contributed by atoms with Crippen molar-refractivity contribution in [3.05, 3.63) is 39.3 Å². The number of anilines is 1. The minimum absolute atomic E-state index is 0.142. The van der Waals surface area contributed by atoms with E-state index in [-0.39, 0.29) is 11.8 Å². The van der Waals surface area contributed by atoms with Gasteiger partial charge in [0, 0.05) is 43.2 Å². The first kappa shape index (κ1) is 17.7. The third kappa shape index (κ3) is 4.28. The van der Waals surface area contributed by atoms with Gasteiger partial charge in [0.1, 0.15) is 17.4 Å². The monoisotopic (exact) mass is 358 g/mol. The largest absolute Gasteiger partial charge is 0.444 e. The van der Waals surface area contributed by atoms with Crippen molar-refractivity contribution >= 4 is 23.1 Å². The lowest BCUT2D eigenvalue weighted by Gasteiger charge is -2.33. The summed E-state index contributed by atoms with van der Waals surface area (Å²) in [5, 5.41) is 14.0. The molecule has 0 aliphatic carbocycles. The van der Waals surface area contributed by atoms with Gasteiger partial charge in [-0.3, -0.25) is 19.9 Å². The van der Waals surface area contributed by atoms with Gasteiger partial charge in [-0.1, -0.05) is 6.07 Å². The summed E-state index contributed by atoms with van der Waals surface area (Å²) >= 11 is 1.78. The number of nitrogens with one attached hydrogen (secondary N) is 1. The van der Waals surface area contributed by atoms with Crippen LogP contribution in [0.15, 0.2) is 21.9 Å². The molecular formula is C18H22N4O2S. The SMILES string of the molecule is Cc1oc(NC(=O)CN2CCN(Cc3cccs3)CC2)c(C#N)c1C. The summed E-state index contributed by atoms with van der Waals surface area (Å²) < 4.78 is 5.49. The van der Waals surface area contributed by atoms with Crippen LogP contribution in [0.4, 0.5) is 5.88 Å². The summed E-state index contributed by atoms with van der Waals surface area (Å²) in [5.74, 6) is 0.782. The summed E-state index contributed by atoms with van der Waals surface area (Å²) in [7, 11) is 0. The first-order chi connectivity index (χ1) is 12.1. The van der Waals surface area contributed by atoms with Crippen molar-refractivity contribution in [2.75, 3.05) is 38.0 Å². The predicted molar refractivity (Wildman–Crippen MR) is 97.6 cm³/mol. The van der Waals surface area contributed by atoms with Crippen LogP contribution >= 0.6 is 11.3 Å². The number of amides is 1. The second-order valence-electron chi connectivity index (χ2n) is 6.28. The summed E-state index contributed by atoms with van der Waals surface area (Å²) in [4.78, 5) is 18.2. The molecule has 0 aromatic carbocycles. The molecule has 0 atom stereocenters. The Bertz CT molecular complexity index is 768. The van der Waals surface area contributed by atoms with Crippen LogP contribution in [0.5, 0.6) is 0 Å². The third-order valence-electron chi connectivity index (χ3n) is 4.54. The highest BCUT2D eigenvalue weighted by Gasteiger charge is 2.21. The van der Waals surface area contributed by atoms with Crippen LogP contribution in [0.2, 0.25) is 0 Å². The summed E-state index contributed by atoms with van der Waals surface area (Å²) in [5.41, 5.74) is 1.19. The van der Waals surface area contributed by atoms with Gasteiger partial charge in [0.05, 0.1) is 6.54 Å². The van der Waals surface area contributed by atoms with Crippen LogP contribution in [0.25, 0.3) is 0 Å². The maximum Gasteiger partial charge on any atom is 0.240 e. The minimum atomic E-state index is -0.142. The smallest absolute Gasteiger partial charge is 0.240 e. The van der Waals surface area contributed by atoms with Gasteiger partial charge in [0.15, 0.2) is 0 Å². The van der Waals surface area contributed by atoms with E-state index in [4.69, 9.17) is 4.42 Å². The number of piperazine rings is 1. The number of furan rings is 1. The minimum Gasteiger partial charge on any atom is -0.444 e. The molecule has 0 spiro atoms. The van der Waals surface area contributed by atoms with Gasteiger partial charge in [-0.2, -0.15) is 5.26 Å². The van der Waals surface area contributed by atoms with Crippen molar-refractivity contribution in [3.63, 3.8) is 0 Å². The number of nitriles is 1. The third-order valence-corrected chi connectivity index (χ3v) is 5.40. The molecule has 132 valence electrons. The Morgan fingerprint density at radius 2 is 2.04 bits per heavy atom. The molecule has 1 saturated heterocycles. The average molecular weight is 358 g/mol. The van der Waals surface area contributed by atoms with Crippen molar-refractivity contribution < 1.29 is 9.21 Å². The molecule has 1 aliphatic rings. The number of aryl methyl sites for hydroxylation is 1. The van der Waals surface area contributed by atoms with Gasteiger partial charge in [-0.15, -0.1) is 11.3 Å². The summed E-state index contributed by atoms with van der Waals surface area (Å²) in [6, 6.07) is 6.33. The molecule has 0 unspecified atom stereocenters. The van der Waals surface area contributed by atoms with Crippen LogP contribution < -0.4 is 5.32 Å². The number of nitrogens with zero attached hydrogens (tertiary/aromatic N) is 3. The molecule has 1 amide bonds. The van der Waals surface area contributed by atoms with Crippen LogP contribution in [-0.2, 0) is 11.3 Å². The lowest BCUT2D eigenvalue weighted by atomic mass is 10.2. The number of thiophene rings is 1. The van der Waals surface area contributed by atoms with E-state index in [0.29, 0.717) is 17.9 Å². The van der Waals surface area contributed by atoms with E-state index in [0.717, 1.165) is 38.3 Å². The van der Waals surface area contributed by atoms with E-state index >= 15 is 0 Å². The molecule has 0 bridgehead atoms. The quantitative estimate of drug-likeness (QED) is 0.889. The maximum absolute atomic E-state index is 12.3. The van der Waals surface area contributed by atoms with E-state index < -0.39 is 0 Å². The van der Waals surface area contributed by atoms with E-state index in [2.05, 4.69) is 38.7 Å². The van der Waals surface area contributed by atoms with Gasteiger partial charge >= 0.3 is 0 Å². The Balaban J connectivity index is 1.48. The van der Waals surface area contributed by atoms with Gasteiger partial charge in [0.2, 0.25) is 11.8 Å². The molecule has 1 N–H and O–H groups in total. The normalized spacial score (nSPS) is 15.9. The highest BCUT2D eigenvalue weighted by Crippen LogP contribution is 2.25. The van der Waals surface area contributed by atoms with Crippen LogP contribution in [0.1, 0.15) is 21.8 Å². The van der Waals surface area contributed by atoms with Crippen molar-refractivity contribution in [2.45, 2.75) is 20.4 Å².